The van der Waals surface area contributed by atoms with E-state index >= 15 is 0 Å². The molecule has 0 fully saturated rings. The fraction of sp³-hybridized carbons (Fsp3) is 0.500. The third-order valence-corrected chi connectivity index (χ3v) is 2.07. The largest absolute Gasteiger partial charge is 0.395 e. The summed E-state index contributed by atoms with van der Waals surface area (Å²) in [6.07, 6.45) is 0. The summed E-state index contributed by atoms with van der Waals surface area (Å²) >= 11 is 0. The Balaban J connectivity index is 2.75. The molecule has 0 bridgehead atoms. The van der Waals surface area contributed by atoms with Crippen LogP contribution in [0.2, 0.25) is 0 Å². The molecule has 0 radical (unpaired) electrons. The summed E-state index contributed by atoms with van der Waals surface area (Å²) in [7, 11) is 0. The predicted molar refractivity (Wildman–Crippen MR) is 62.0 cm³/mol. The number of aliphatic hydroxyl groups excluding tert-OH is 1. The van der Waals surface area contributed by atoms with E-state index in [1.807, 2.05) is 35.2 Å². The first-order valence-electron chi connectivity index (χ1n) is 5.16. The van der Waals surface area contributed by atoms with Crippen molar-refractivity contribution in [2.45, 2.75) is 19.4 Å². The highest BCUT2D eigenvalue weighted by molar-refractivity contribution is 5.46. The molecule has 1 aromatic rings. The number of anilines is 1. The lowest BCUT2D eigenvalue weighted by Crippen LogP contribution is -2.40. The average molecular weight is 209 g/mol. The van der Waals surface area contributed by atoms with Crippen LogP contribution in [0, 0.1) is 0 Å². The number of para-hydroxylation sites is 1. The highest BCUT2D eigenvalue weighted by atomic mass is 16.3. The maximum Gasteiger partial charge on any atom is 0.0765 e. The maximum atomic E-state index is 9.75. The second-order valence-electron chi connectivity index (χ2n) is 4.29. The third-order valence-electron chi connectivity index (χ3n) is 2.07. The molecule has 0 atom stereocenters. The summed E-state index contributed by atoms with van der Waals surface area (Å²) in [6.45, 7) is 4.66. The van der Waals surface area contributed by atoms with Gasteiger partial charge in [0.15, 0.2) is 0 Å². The van der Waals surface area contributed by atoms with Crippen LogP contribution in [0.3, 0.4) is 0 Å². The van der Waals surface area contributed by atoms with Gasteiger partial charge in [0.25, 0.3) is 0 Å². The van der Waals surface area contributed by atoms with E-state index in [1.54, 1.807) is 13.8 Å². The van der Waals surface area contributed by atoms with Crippen LogP contribution in [0.4, 0.5) is 5.69 Å². The van der Waals surface area contributed by atoms with Gasteiger partial charge < -0.3 is 15.1 Å². The van der Waals surface area contributed by atoms with Crippen molar-refractivity contribution in [3.63, 3.8) is 0 Å². The Bertz CT molecular complexity index is 279. The Labute approximate surface area is 91.0 Å². The highest BCUT2D eigenvalue weighted by Crippen LogP contribution is 2.16. The molecule has 0 aromatic heterocycles. The minimum atomic E-state index is -0.759. The van der Waals surface area contributed by atoms with Gasteiger partial charge in [-0.1, -0.05) is 18.2 Å². The van der Waals surface area contributed by atoms with E-state index in [2.05, 4.69) is 0 Å². The van der Waals surface area contributed by atoms with Gasteiger partial charge in [0, 0.05) is 18.8 Å². The highest BCUT2D eigenvalue weighted by Gasteiger charge is 2.17. The lowest BCUT2D eigenvalue weighted by molar-refractivity contribution is 0.0864. The van der Waals surface area contributed by atoms with E-state index < -0.39 is 5.60 Å². The fourth-order valence-corrected chi connectivity index (χ4v) is 1.53. The van der Waals surface area contributed by atoms with Crippen LogP contribution >= 0.6 is 0 Å². The Morgan fingerprint density at radius 3 is 2.27 bits per heavy atom. The lowest BCUT2D eigenvalue weighted by atomic mass is 10.1. The molecule has 0 aliphatic carbocycles. The lowest BCUT2D eigenvalue weighted by Gasteiger charge is -2.30. The van der Waals surface area contributed by atoms with Crippen LogP contribution in [0.1, 0.15) is 13.8 Å². The molecule has 1 rings (SSSR count). The van der Waals surface area contributed by atoms with Crippen molar-refractivity contribution in [3.05, 3.63) is 30.3 Å². The van der Waals surface area contributed by atoms with Crippen molar-refractivity contribution in [1.82, 2.24) is 0 Å². The van der Waals surface area contributed by atoms with Gasteiger partial charge in [-0.3, -0.25) is 0 Å². The van der Waals surface area contributed by atoms with Crippen molar-refractivity contribution < 1.29 is 10.2 Å². The number of nitrogens with zero attached hydrogens (tertiary/aromatic N) is 1. The van der Waals surface area contributed by atoms with Gasteiger partial charge in [-0.2, -0.15) is 0 Å². The summed E-state index contributed by atoms with van der Waals surface area (Å²) < 4.78 is 0. The second kappa shape index (κ2) is 5.14. The molecule has 0 aliphatic rings. The Morgan fingerprint density at radius 1 is 1.20 bits per heavy atom. The van der Waals surface area contributed by atoms with Gasteiger partial charge in [-0.25, -0.2) is 0 Å². The molecule has 0 amide bonds. The molecule has 0 aliphatic heterocycles. The standard InChI is InChI=1S/C12H19NO2/c1-12(2,15)10-13(8-9-14)11-6-4-3-5-7-11/h3-7,14-15H,8-10H2,1-2H3. The molecule has 3 heteroatoms. The smallest absolute Gasteiger partial charge is 0.0765 e. The van der Waals surface area contributed by atoms with Gasteiger partial charge in [-0.15, -0.1) is 0 Å². The monoisotopic (exact) mass is 209 g/mol. The van der Waals surface area contributed by atoms with Gasteiger partial charge in [-0.05, 0) is 26.0 Å². The zero-order chi connectivity index (χ0) is 11.3. The van der Waals surface area contributed by atoms with Crippen molar-refractivity contribution in [3.8, 4) is 0 Å². The first kappa shape index (κ1) is 12.0. The quantitative estimate of drug-likeness (QED) is 0.767. The molecule has 0 saturated heterocycles. The van der Waals surface area contributed by atoms with E-state index in [-0.39, 0.29) is 6.61 Å². The van der Waals surface area contributed by atoms with Crippen molar-refractivity contribution >= 4 is 5.69 Å². The van der Waals surface area contributed by atoms with Crippen LogP contribution in [-0.4, -0.2) is 35.5 Å². The van der Waals surface area contributed by atoms with Crippen LogP contribution in [0.15, 0.2) is 30.3 Å². The van der Waals surface area contributed by atoms with E-state index in [0.717, 1.165) is 5.69 Å². The zero-order valence-corrected chi connectivity index (χ0v) is 9.35. The van der Waals surface area contributed by atoms with E-state index in [9.17, 15) is 5.11 Å². The molecule has 1 aromatic carbocycles. The molecular formula is C12H19NO2. The minimum Gasteiger partial charge on any atom is -0.395 e. The van der Waals surface area contributed by atoms with Crippen LogP contribution in [0.25, 0.3) is 0 Å². The van der Waals surface area contributed by atoms with Crippen molar-refractivity contribution in [1.29, 1.82) is 0 Å². The summed E-state index contributed by atoms with van der Waals surface area (Å²) in [6, 6.07) is 9.79. The van der Waals surface area contributed by atoms with Gasteiger partial charge in [0.05, 0.1) is 12.2 Å². The van der Waals surface area contributed by atoms with E-state index in [1.165, 1.54) is 0 Å². The van der Waals surface area contributed by atoms with E-state index in [4.69, 9.17) is 5.11 Å². The van der Waals surface area contributed by atoms with Crippen LogP contribution in [0.5, 0.6) is 0 Å². The molecule has 84 valence electrons. The molecule has 0 saturated carbocycles. The predicted octanol–water partition coefficient (Wildman–Crippen LogP) is 1.26. The average Bonchev–Trinajstić information content (AvgIpc) is 2.17. The number of hydrogen-bond acceptors (Lipinski definition) is 3. The fourth-order valence-electron chi connectivity index (χ4n) is 1.53. The summed E-state index contributed by atoms with van der Waals surface area (Å²) in [5.41, 5.74) is 0.263. The van der Waals surface area contributed by atoms with E-state index in [0.29, 0.717) is 13.1 Å². The first-order valence-corrected chi connectivity index (χ1v) is 5.16. The van der Waals surface area contributed by atoms with Gasteiger partial charge in [0.1, 0.15) is 0 Å². The minimum absolute atomic E-state index is 0.0883. The first-order chi connectivity index (χ1) is 7.03. The topological polar surface area (TPSA) is 43.7 Å². The van der Waals surface area contributed by atoms with Crippen molar-refractivity contribution in [2.24, 2.45) is 0 Å². The van der Waals surface area contributed by atoms with Gasteiger partial charge in [0.2, 0.25) is 0 Å². The van der Waals surface area contributed by atoms with Crippen LogP contribution < -0.4 is 4.90 Å². The molecule has 0 unspecified atom stereocenters. The third kappa shape index (κ3) is 4.32. The molecule has 0 heterocycles. The normalized spacial score (nSPS) is 11.5. The number of hydrogen-bond donors (Lipinski definition) is 2. The Morgan fingerprint density at radius 2 is 1.80 bits per heavy atom. The molecule has 2 N–H and O–H groups in total. The van der Waals surface area contributed by atoms with Gasteiger partial charge >= 0.3 is 0 Å². The Hall–Kier alpha value is -1.06. The number of aliphatic hydroxyl groups is 2. The second-order valence-corrected chi connectivity index (χ2v) is 4.29. The molecular weight excluding hydrogens is 190 g/mol. The summed E-state index contributed by atoms with van der Waals surface area (Å²) in [4.78, 5) is 1.97. The SMILES string of the molecule is CC(C)(O)CN(CCO)c1ccccc1. The molecule has 15 heavy (non-hydrogen) atoms. The number of rotatable bonds is 5. The van der Waals surface area contributed by atoms with Crippen LogP contribution in [-0.2, 0) is 0 Å². The summed E-state index contributed by atoms with van der Waals surface area (Å²) in [5, 5.41) is 18.7. The van der Waals surface area contributed by atoms with Crippen molar-refractivity contribution in [2.75, 3.05) is 24.6 Å². The number of benzene rings is 1. The zero-order valence-electron chi connectivity index (χ0n) is 9.35. The Kier molecular flexibility index (Phi) is 4.12. The maximum absolute atomic E-state index is 9.75. The molecule has 3 nitrogen and oxygen atoms in total. The summed E-state index contributed by atoms with van der Waals surface area (Å²) in [5.74, 6) is 0. The molecule has 0 spiro atoms.